The molecule has 38 heavy (non-hydrogen) atoms. The number of hydrogen-bond donors (Lipinski definition) is 1. The van der Waals surface area contributed by atoms with E-state index in [-0.39, 0.29) is 39.2 Å². The largest absolute Gasteiger partial charge is 0.352 e. The van der Waals surface area contributed by atoms with Crippen LogP contribution in [-0.2, 0) is 26.0 Å². The molecule has 7 nitrogen and oxygen atoms in total. The zero-order valence-electron chi connectivity index (χ0n) is 21.6. The normalized spacial score (nSPS) is 15.1. The van der Waals surface area contributed by atoms with Gasteiger partial charge < -0.3 is 10.2 Å². The summed E-state index contributed by atoms with van der Waals surface area (Å²) < 4.78 is 26.5. The van der Waals surface area contributed by atoms with Crippen LogP contribution in [-0.4, -0.2) is 56.6 Å². The van der Waals surface area contributed by atoms with Crippen LogP contribution >= 0.6 is 34.8 Å². The predicted octanol–water partition coefficient (Wildman–Crippen LogP) is 5.71. The Bertz CT molecular complexity index is 1220. The van der Waals surface area contributed by atoms with E-state index in [1.54, 1.807) is 0 Å². The van der Waals surface area contributed by atoms with Crippen LogP contribution in [0, 0.1) is 0 Å². The van der Waals surface area contributed by atoms with Gasteiger partial charge in [0.05, 0.1) is 27.0 Å². The molecule has 2 aromatic carbocycles. The maximum absolute atomic E-state index is 13.8. The highest BCUT2D eigenvalue weighted by molar-refractivity contribution is 7.92. The highest BCUT2D eigenvalue weighted by Gasteiger charge is 2.33. The van der Waals surface area contributed by atoms with Crippen LogP contribution in [0.2, 0.25) is 15.1 Å². The van der Waals surface area contributed by atoms with Gasteiger partial charge in [-0.2, -0.15) is 0 Å². The van der Waals surface area contributed by atoms with E-state index in [0.717, 1.165) is 48.2 Å². The summed E-state index contributed by atoms with van der Waals surface area (Å²) in [6.07, 6.45) is 6.98. The lowest BCUT2D eigenvalue weighted by molar-refractivity contribution is -0.140. The second-order valence-electron chi connectivity index (χ2n) is 9.58. The summed E-state index contributed by atoms with van der Waals surface area (Å²) in [7, 11) is -3.94. The second kappa shape index (κ2) is 13.9. The molecule has 0 spiro atoms. The number of carbonyl (C=O) groups is 2. The van der Waals surface area contributed by atoms with Crippen molar-refractivity contribution in [1.29, 1.82) is 0 Å². The third kappa shape index (κ3) is 8.25. The fraction of sp³-hybridized carbons (Fsp3) is 0.481. The molecule has 0 heterocycles. The molecular weight excluding hydrogens is 569 g/mol. The van der Waals surface area contributed by atoms with Crippen LogP contribution in [0.3, 0.4) is 0 Å². The van der Waals surface area contributed by atoms with Crippen LogP contribution in [0.4, 0.5) is 5.69 Å². The van der Waals surface area contributed by atoms with Crippen molar-refractivity contribution in [3.63, 3.8) is 0 Å². The predicted molar refractivity (Wildman–Crippen MR) is 155 cm³/mol. The smallest absolute Gasteiger partial charge is 0.244 e. The van der Waals surface area contributed by atoms with Crippen LogP contribution < -0.4 is 9.62 Å². The van der Waals surface area contributed by atoms with Crippen molar-refractivity contribution in [2.45, 2.75) is 64.0 Å². The highest BCUT2D eigenvalue weighted by atomic mass is 35.5. The van der Waals surface area contributed by atoms with Gasteiger partial charge in [-0.3, -0.25) is 13.9 Å². The summed E-state index contributed by atoms with van der Waals surface area (Å²) >= 11 is 18.5. The molecule has 0 saturated heterocycles. The van der Waals surface area contributed by atoms with Crippen LogP contribution in [0.25, 0.3) is 0 Å². The Morgan fingerprint density at radius 3 is 2.24 bits per heavy atom. The first-order valence-electron chi connectivity index (χ1n) is 12.8. The number of anilines is 1. The van der Waals surface area contributed by atoms with Gasteiger partial charge in [-0.15, -0.1) is 0 Å². The van der Waals surface area contributed by atoms with E-state index in [0.29, 0.717) is 12.8 Å². The van der Waals surface area contributed by atoms with Gasteiger partial charge in [0.2, 0.25) is 21.8 Å². The summed E-state index contributed by atoms with van der Waals surface area (Å²) in [6.45, 7) is 1.54. The standard InChI is InChI=1S/C27H34Cl3N3O4S/c1-3-24(27(35)31-20-12-8-5-9-13-20)32(15-14-19-10-6-4-7-11-19)26(34)18-33(38(2,36)37)25-17-22(29)21(28)16-23(25)30/h4,6-7,10-11,16-17,20,24H,3,5,8-9,12-15,18H2,1-2H3,(H,31,35). The molecule has 0 bridgehead atoms. The van der Waals surface area contributed by atoms with Gasteiger partial charge in [0.15, 0.2) is 0 Å². The number of nitrogens with one attached hydrogen (secondary N) is 1. The molecule has 1 aliphatic rings. The van der Waals surface area contributed by atoms with E-state index in [4.69, 9.17) is 34.8 Å². The number of rotatable bonds is 11. The first-order valence-corrected chi connectivity index (χ1v) is 15.8. The molecule has 11 heteroatoms. The monoisotopic (exact) mass is 601 g/mol. The first kappa shape index (κ1) is 30.5. The Kier molecular flexibility index (Phi) is 11.2. The Hall–Kier alpha value is -2.00. The average Bonchev–Trinajstić information content (AvgIpc) is 2.87. The van der Waals surface area contributed by atoms with Crippen molar-refractivity contribution in [3.8, 4) is 0 Å². The van der Waals surface area contributed by atoms with Gasteiger partial charge in [0.25, 0.3) is 0 Å². The summed E-state index contributed by atoms with van der Waals surface area (Å²) in [6, 6.07) is 11.6. The van der Waals surface area contributed by atoms with Crippen molar-refractivity contribution in [2.24, 2.45) is 0 Å². The lowest BCUT2D eigenvalue weighted by atomic mass is 9.95. The number of hydrogen-bond acceptors (Lipinski definition) is 4. The van der Waals surface area contributed by atoms with E-state index in [2.05, 4.69) is 5.32 Å². The zero-order valence-corrected chi connectivity index (χ0v) is 24.7. The third-order valence-electron chi connectivity index (χ3n) is 6.76. The van der Waals surface area contributed by atoms with E-state index in [1.165, 1.54) is 17.0 Å². The molecule has 1 fully saturated rings. The van der Waals surface area contributed by atoms with E-state index < -0.39 is 28.5 Å². The number of halogens is 3. The van der Waals surface area contributed by atoms with Gasteiger partial charge >= 0.3 is 0 Å². The van der Waals surface area contributed by atoms with Gasteiger partial charge in [-0.05, 0) is 43.4 Å². The first-order chi connectivity index (χ1) is 18.0. The Morgan fingerprint density at radius 1 is 1.00 bits per heavy atom. The van der Waals surface area contributed by atoms with Gasteiger partial charge in [-0.1, -0.05) is 91.3 Å². The molecule has 1 atom stereocenters. The van der Waals surface area contributed by atoms with Gasteiger partial charge in [0.1, 0.15) is 12.6 Å². The average molecular weight is 603 g/mol. The summed E-state index contributed by atoms with van der Waals surface area (Å²) in [5.41, 5.74) is 1.04. The van der Waals surface area contributed by atoms with Crippen molar-refractivity contribution < 1.29 is 18.0 Å². The van der Waals surface area contributed by atoms with E-state index in [1.807, 2.05) is 37.3 Å². The molecular formula is C27H34Cl3N3O4S. The third-order valence-corrected chi connectivity index (χ3v) is 8.91. The topological polar surface area (TPSA) is 86.8 Å². The molecule has 0 aliphatic heterocycles. The quantitative estimate of drug-likeness (QED) is 0.334. The lowest BCUT2D eigenvalue weighted by Crippen LogP contribution is -2.54. The minimum atomic E-state index is -3.94. The van der Waals surface area contributed by atoms with Crippen LogP contribution in [0.15, 0.2) is 42.5 Å². The lowest BCUT2D eigenvalue weighted by Gasteiger charge is -2.34. The fourth-order valence-corrected chi connectivity index (χ4v) is 6.28. The van der Waals surface area contributed by atoms with Crippen molar-refractivity contribution in [1.82, 2.24) is 10.2 Å². The molecule has 2 aromatic rings. The summed E-state index contributed by atoms with van der Waals surface area (Å²) in [4.78, 5) is 28.7. The maximum atomic E-state index is 13.8. The number of benzene rings is 2. The van der Waals surface area contributed by atoms with E-state index in [9.17, 15) is 18.0 Å². The molecule has 0 radical (unpaired) electrons. The molecule has 1 N–H and O–H groups in total. The minimum absolute atomic E-state index is 0.0375. The van der Waals surface area contributed by atoms with Gasteiger partial charge in [0, 0.05) is 12.6 Å². The second-order valence-corrected chi connectivity index (χ2v) is 12.7. The highest BCUT2D eigenvalue weighted by Crippen LogP contribution is 2.35. The van der Waals surface area contributed by atoms with Crippen molar-refractivity contribution >= 4 is 62.3 Å². The number of nitrogens with zero attached hydrogens (tertiary/aromatic N) is 2. The summed E-state index contributed by atoms with van der Waals surface area (Å²) in [5, 5.41) is 3.43. The number of sulfonamides is 1. The molecule has 2 amide bonds. The molecule has 208 valence electrons. The minimum Gasteiger partial charge on any atom is -0.352 e. The number of carbonyl (C=O) groups excluding carboxylic acids is 2. The molecule has 1 saturated carbocycles. The fourth-order valence-electron chi connectivity index (χ4n) is 4.74. The molecule has 1 unspecified atom stereocenters. The summed E-state index contributed by atoms with van der Waals surface area (Å²) in [5.74, 6) is -0.738. The van der Waals surface area contributed by atoms with Crippen molar-refractivity contribution in [2.75, 3.05) is 23.7 Å². The molecule has 1 aliphatic carbocycles. The number of amides is 2. The van der Waals surface area contributed by atoms with E-state index >= 15 is 0 Å². The Balaban J connectivity index is 1.90. The Labute approximate surface area is 240 Å². The van der Waals surface area contributed by atoms with Crippen LogP contribution in [0.1, 0.15) is 51.0 Å². The molecule has 0 aromatic heterocycles. The van der Waals surface area contributed by atoms with Crippen molar-refractivity contribution in [3.05, 3.63) is 63.1 Å². The van der Waals surface area contributed by atoms with Gasteiger partial charge in [-0.25, -0.2) is 8.42 Å². The van der Waals surface area contributed by atoms with Crippen LogP contribution in [0.5, 0.6) is 0 Å². The molecule has 3 rings (SSSR count). The maximum Gasteiger partial charge on any atom is 0.244 e. The zero-order chi connectivity index (χ0) is 27.9. The Morgan fingerprint density at radius 2 is 1.63 bits per heavy atom. The SMILES string of the molecule is CCC(C(=O)NC1CCCCC1)N(CCc1ccccc1)C(=O)CN(c1cc(Cl)c(Cl)cc1Cl)S(C)(=O)=O.